The molecule has 2 unspecified atom stereocenters. The molecule has 0 saturated heterocycles. The Hall–Kier alpha value is -2.36. The van der Waals surface area contributed by atoms with Crippen molar-refractivity contribution in [1.29, 1.82) is 0 Å². The molecule has 26 heavy (non-hydrogen) atoms. The largest absolute Gasteiger partial charge is 0.486 e. The van der Waals surface area contributed by atoms with Crippen LogP contribution in [0.1, 0.15) is 30.5 Å². The van der Waals surface area contributed by atoms with Crippen molar-refractivity contribution in [1.82, 2.24) is 10.6 Å². The first-order chi connectivity index (χ1) is 12.5. The molecule has 1 aromatic rings. The Bertz CT molecular complexity index is 710. The summed E-state index contributed by atoms with van der Waals surface area (Å²) in [7, 11) is 0. The number of nitrogens with two attached hydrogens (primary N) is 2. The number of benzene rings is 1. The number of carbonyl (C=O) groups is 1. The fourth-order valence-corrected chi connectivity index (χ4v) is 3.20. The van der Waals surface area contributed by atoms with E-state index in [1.54, 1.807) is 0 Å². The predicted molar refractivity (Wildman–Crippen MR) is 95.7 cm³/mol. The van der Waals surface area contributed by atoms with Gasteiger partial charge in [0.1, 0.15) is 11.9 Å². The molecule has 0 saturated carbocycles. The van der Waals surface area contributed by atoms with Crippen molar-refractivity contribution in [2.75, 3.05) is 19.6 Å². The van der Waals surface area contributed by atoms with Crippen molar-refractivity contribution in [3.63, 3.8) is 0 Å². The minimum absolute atomic E-state index is 0.0231. The molecule has 3 atom stereocenters. The van der Waals surface area contributed by atoms with E-state index in [-0.39, 0.29) is 6.04 Å². The van der Waals surface area contributed by atoms with E-state index in [0.717, 1.165) is 17.1 Å². The number of ether oxygens (including phenoxy) is 1. The van der Waals surface area contributed by atoms with Crippen molar-refractivity contribution < 1.29 is 19.5 Å². The summed E-state index contributed by atoms with van der Waals surface area (Å²) in [5.74, 6) is 5.49. The van der Waals surface area contributed by atoms with Crippen LogP contribution in [-0.4, -0.2) is 48.4 Å². The van der Waals surface area contributed by atoms with E-state index >= 15 is 0 Å². The molecule has 0 spiro atoms. The molecule has 0 bridgehead atoms. The molecule has 1 aromatic carbocycles. The third-order valence-electron chi connectivity index (χ3n) is 4.88. The minimum Gasteiger partial charge on any atom is -0.486 e. The van der Waals surface area contributed by atoms with Gasteiger partial charge in [-0.25, -0.2) is 15.7 Å². The SMILES string of the molecule is CC(ON)(C(=O)O)[C@H]1CCc2cc(C3CNC(NCCN)=N3)ccc2O1. The molecule has 2 aliphatic heterocycles. The van der Waals surface area contributed by atoms with E-state index in [4.69, 9.17) is 21.2 Å². The molecular formula is C17H25N5O4. The van der Waals surface area contributed by atoms with Gasteiger partial charge in [0.05, 0.1) is 6.04 Å². The number of nitrogens with one attached hydrogen (secondary N) is 2. The molecule has 0 amide bonds. The van der Waals surface area contributed by atoms with Gasteiger partial charge in [-0.1, -0.05) is 6.07 Å². The molecule has 2 heterocycles. The van der Waals surface area contributed by atoms with Crippen molar-refractivity contribution in [3.05, 3.63) is 29.3 Å². The normalized spacial score (nSPS) is 23.9. The third-order valence-corrected chi connectivity index (χ3v) is 4.88. The minimum atomic E-state index is -1.58. The lowest BCUT2D eigenvalue weighted by molar-refractivity contribution is -0.179. The van der Waals surface area contributed by atoms with Crippen LogP contribution in [0.4, 0.5) is 0 Å². The zero-order valence-corrected chi connectivity index (χ0v) is 14.7. The molecule has 142 valence electrons. The highest BCUT2D eigenvalue weighted by molar-refractivity contribution is 5.81. The van der Waals surface area contributed by atoms with Gasteiger partial charge in [0.2, 0.25) is 5.60 Å². The Morgan fingerprint density at radius 3 is 3.08 bits per heavy atom. The van der Waals surface area contributed by atoms with Gasteiger partial charge in [0.15, 0.2) is 5.96 Å². The number of aryl methyl sites for hydroxylation is 1. The molecule has 0 aromatic heterocycles. The summed E-state index contributed by atoms with van der Waals surface area (Å²) in [6.45, 7) is 3.36. The maximum atomic E-state index is 11.5. The number of carboxylic acid groups (broad SMARTS) is 1. The number of hydrogen-bond acceptors (Lipinski definition) is 8. The van der Waals surface area contributed by atoms with Gasteiger partial charge in [0, 0.05) is 19.6 Å². The topological polar surface area (TPSA) is 144 Å². The van der Waals surface area contributed by atoms with Crippen molar-refractivity contribution in [2.45, 2.75) is 37.5 Å². The number of fused-ring (bicyclic) bond motifs is 1. The van der Waals surface area contributed by atoms with Crippen LogP contribution < -0.4 is 27.0 Å². The molecule has 0 aliphatic carbocycles. The summed E-state index contributed by atoms with van der Waals surface area (Å²) in [5.41, 5.74) is 6.01. The Labute approximate surface area is 151 Å². The van der Waals surface area contributed by atoms with Gasteiger partial charge in [-0.05, 0) is 43.0 Å². The van der Waals surface area contributed by atoms with Crippen LogP contribution in [0, 0.1) is 0 Å². The molecule has 3 rings (SSSR count). The quantitative estimate of drug-likeness (QED) is 0.432. The Morgan fingerprint density at radius 2 is 2.38 bits per heavy atom. The van der Waals surface area contributed by atoms with Gasteiger partial charge < -0.3 is 26.2 Å². The van der Waals surface area contributed by atoms with Crippen LogP contribution in [0.3, 0.4) is 0 Å². The molecule has 7 N–H and O–H groups in total. The molecular weight excluding hydrogens is 338 g/mol. The first kappa shape index (κ1) is 18.4. The van der Waals surface area contributed by atoms with Gasteiger partial charge in [0.25, 0.3) is 0 Å². The van der Waals surface area contributed by atoms with E-state index in [2.05, 4.69) is 21.7 Å². The smallest absolute Gasteiger partial charge is 0.341 e. The predicted octanol–water partition coefficient (Wildman–Crippen LogP) is -0.338. The fourth-order valence-electron chi connectivity index (χ4n) is 3.20. The number of carboxylic acids is 1. The first-order valence-electron chi connectivity index (χ1n) is 8.64. The molecule has 9 heteroatoms. The first-order valence-corrected chi connectivity index (χ1v) is 8.64. The lowest BCUT2D eigenvalue weighted by Crippen LogP contribution is -2.54. The lowest BCUT2D eigenvalue weighted by Gasteiger charge is -2.35. The van der Waals surface area contributed by atoms with E-state index < -0.39 is 17.7 Å². The summed E-state index contributed by atoms with van der Waals surface area (Å²) >= 11 is 0. The maximum Gasteiger partial charge on any atom is 0.341 e. The summed E-state index contributed by atoms with van der Waals surface area (Å²) < 4.78 is 5.88. The number of nitrogens with zero attached hydrogens (tertiary/aromatic N) is 1. The van der Waals surface area contributed by atoms with E-state index in [1.165, 1.54) is 6.92 Å². The zero-order valence-electron chi connectivity index (χ0n) is 14.7. The summed E-state index contributed by atoms with van der Waals surface area (Å²) in [6.07, 6.45) is 0.537. The standard InChI is InChI=1S/C17H25N5O4/c1-17(26-19,15(23)24)14-5-3-11-8-10(2-4-13(11)25-14)12-9-21-16(22-12)20-7-6-18/h2,4,8,12,14H,3,5-7,9,18-19H2,1H3,(H,23,24)(H2,20,21,22)/t12?,14-,17?/m1/s1. The summed E-state index contributed by atoms with van der Waals surface area (Å²) in [6, 6.07) is 5.89. The number of guanidine groups is 1. The van der Waals surface area contributed by atoms with Crippen LogP contribution in [0.15, 0.2) is 23.2 Å². The number of aliphatic carboxylic acids is 1. The van der Waals surface area contributed by atoms with E-state index in [9.17, 15) is 9.90 Å². The van der Waals surface area contributed by atoms with Crippen LogP contribution in [0.5, 0.6) is 5.75 Å². The average Bonchev–Trinajstić information content (AvgIpc) is 3.13. The number of rotatable bonds is 6. The maximum absolute atomic E-state index is 11.5. The van der Waals surface area contributed by atoms with Gasteiger partial charge >= 0.3 is 5.97 Å². The van der Waals surface area contributed by atoms with Crippen LogP contribution in [0.25, 0.3) is 0 Å². The highest BCUT2D eigenvalue weighted by Crippen LogP contribution is 2.35. The van der Waals surface area contributed by atoms with Crippen LogP contribution in [-0.2, 0) is 16.1 Å². The van der Waals surface area contributed by atoms with Crippen molar-refractivity contribution in [2.24, 2.45) is 16.6 Å². The monoisotopic (exact) mass is 363 g/mol. The lowest BCUT2D eigenvalue weighted by atomic mass is 9.90. The zero-order chi connectivity index (χ0) is 18.7. The fraction of sp³-hybridized carbons (Fsp3) is 0.529. The van der Waals surface area contributed by atoms with E-state index in [0.29, 0.717) is 38.2 Å². The van der Waals surface area contributed by atoms with Gasteiger partial charge in [-0.3, -0.25) is 4.84 Å². The molecule has 0 fully saturated rings. The summed E-state index contributed by atoms with van der Waals surface area (Å²) in [4.78, 5) is 20.8. The Balaban J connectivity index is 1.74. The second-order valence-electron chi connectivity index (χ2n) is 6.63. The van der Waals surface area contributed by atoms with Crippen LogP contribution >= 0.6 is 0 Å². The molecule has 2 aliphatic rings. The van der Waals surface area contributed by atoms with Crippen molar-refractivity contribution >= 4 is 11.9 Å². The third kappa shape index (κ3) is 3.46. The summed E-state index contributed by atoms with van der Waals surface area (Å²) in [5, 5.41) is 15.8. The molecule has 0 radical (unpaired) electrons. The average molecular weight is 363 g/mol. The Kier molecular flexibility index (Phi) is 5.30. The highest BCUT2D eigenvalue weighted by Gasteiger charge is 2.46. The van der Waals surface area contributed by atoms with E-state index in [1.807, 2.05) is 12.1 Å². The Morgan fingerprint density at radius 1 is 1.58 bits per heavy atom. The molecule has 9 nitrogen and oxygen atoms in total. The second kappa shape index (κ2) is 7.48. The number of hydrogen-bond donors (Lipinski definition) is 5. The van der Waals surface area contributed by atoms with Gasteiger partial charge in [-0.2, -0.15) is 0 Å². The second-order valence-corrected chi connectivity index (χ2v) is 6.63. The van der Waals surface area contributed by atoms with Crippen LogP contribution in [0.2, 0.25) is 0 Å². The van der Waals surface area contributed by atoms with Gasteiger partial charge in [-0.15, -0.1) is 0 Å². The number of aliphatic imine (C=N–C) groups is 1. The van der Waals surface area contributed by atoms with Crippen molar-refractivity contribution in [3.8, 4) is 5.75 Å². The highest BCUT2D eigenvalue weighted by atomic mass is 16.7.